The summed E-state index contributed by atoms with van der Waals surface area (Å²) < 4.78 is 0. The molecule has 5 nitrogen and oxygen atoms in total. The number of amides is 1. The summed E-state index contributed by atoms with van der Waals surface area (Å²) in [6, 6.07) is 14.1. The quantitative estimate of drug-likeness (QED) is 0.511. The monoisotopic (exact) mass is 299 g/mol. The molecule has 0 fully saturated rings. The molecule has 0 aliphatic rings. The molecule has 1 aromatic heterocycles. The van der Waals surface area contributed by atoms with E-state index in [0.717, 1.165) is 16.2 Å². The molecule has 6 heteroatoms. The highest BCUT2D eigenvalue weighted by Crippen LogP contribution is 2.19. The van der Waals surface area contributed by atoms with Gasteiger partial charge in [-0.25, -0.2) is 4.98 Å². The predicted octanol–water partition coefficient (Wildman–Crippen LogP) is 3.00. The van der Waals surface area contributed by atoms with Crippen molar-refractivity contribution in [2.45, 2.75) is 5.16 Å². The Balaban J connectivity index is 1.59. The summed E-state index contributed by atoms with van der Waals surface area (Å²) in [5.41, 5.74) is 2.50. The first kappa shape index (κ1) is 13.5. The van der Waals surface area contributed by atoms with Crippen molar-refractivity contribution in [1.29, 1.82) is 0 Å². The number of anilines is 1. The molecular weight excluding hydrogens is 286 g/mol. The first-order chi connectivity index (χ1) is 10.2. The van der Waals surface area contributed by atoms with Crippen LogP contribution in [0.4, 0.5) is 5.69 Å². The third-order valence-electron chi connectivity index (χ3n) is 2.86. The molecule has 3 rings (SSSR count). The molecule has 1 amide bonds. The fraction of sp³-hybridized carbons (Fsp3) is 0.0667. The Kier molecular flexibility index (Phi) is 3.79. The van der Waals surface area contributed by atoms with Crippen molar-refractivity contribution in [2.24, 2.45) is 0 Å². The molecule has 0 saturated heterocycles. The molecule has 0 aliphatic carbocycles. The first-order valence-electron chi connectivity index (χ1n) is 6.37. The number of carbonyl (C=O) groups excluding carboxylic acids is 1. The summed E-state index contributed by atoms with van der Waals surface area (Å²) in [5, 5.41) is 12.7. The van der Waals surface area contributed by atoms with E-state index in [1.165, 1.54) is 23.9 Å². The van der Waals surface area contributed by atoms with Gasteiger partial charge in [-0.2, -0.15) is 0 Å². The van der Waals surface area contributed by atoms with Gasteiger partial charge in [0.1, 0.15) is 5.75 Å². The maximum absolute atomic E-state index is 11.8. The lowest BCUT2D eigenvalue weighted by Gasteiger charge is -2.04. The molecular formula is C15H13N3O2S. The van der Waals surface area contributed by atoms with Crippen LogP contribution in [0.25, 0.3) is 11.0 Å². The average Bonchev–Trinajstić information content (AvgIpc) is 2.90. The maximum atomic E-state index is 11.8. The number of hydrogen-bond acceptors (Lipinski definition) is 4. The smallest absolute Gasteiger partial charge is 0.234 e. The number of phenolic OH excluding ortho intramolecular Hbond substituents is 1. The highest BCUT2D eigenvalue weighted by atomic mass is 32.2. The van der Waals surface area contributed by atoms with Crippen LogP contribution in [-0.4, -0.2) is 26.7 Å². The van der Waals surface area contributed by atoms with E-state index >= 15 is 0 Å². The third-order valence-corrected chi connectivity index (χ3v) is 3.73. The molecule has 1 heterocycles. The van der Waals surface area contributed by atoms with E-state index in [9.17, 15) is 9.90 Å². The number of imidazole rings is 1. The maximum Gasteiger partial charge on any atom is 0.234 e. The van der Waals surface area contributed by atoms with Gasteiger partial charge in [0.05, 0.1) is 16.8 Å². The zero-order valence-corrected chi connectivity index (χ0v) is 11.9. The van der Waals surface area contributed by atoms with Crippen LogP contribution in [0.15, 0.2) is 53.7 Å². The van der Waals surface area contributed by atoms with Gasteiger partial charge in [0.2, 0.25) is 5.91 Å². The Labute approximate surface area is 125 Å². The fourth-order valence-electron chi connectivity index (χ4n) is 1.87. The van der Waals surface area contributed by atoms with Gasteiger partial charge in [-0.15, -0.1) is 0 Å². The van der Waals surface area contributed by atoms with Gasteiger partial charge in [0, 0.05) is 5.69 Å². The molecule has 0 spiro atoms. The number of nitrogens with zero attached hydrogens (tertiary/aromatic N) is 1. The Bertz CT molecular complexity index is 735. The van der Waals surface area contributed by atoms with Crippen molar-refractivity contribution < 1.29 is 9.90 Å². The second-order valence-electron chi connectivity index (χ2n) is 4.44. The molecule has 0 atom stereocenters. The average molecular weight is 299 g/mol. The Hall–Kier alpha value is -2.47. The minimum absolute atomic E-state index is 0.119. The van der Waals surface area contributed by atoms with E-state index in [1.807, 2.05) is 24.3 Å². The largest absolute Gasteiger partial charge is 0.508 e. The summed E-state index contributed by atoms with van der Waals surface area (Å²) in [6.07, 6.45) is 0. The molecule has 3 aromatic rings. The number of fused-ring (bicyclic) bond motifs is 1. The number of phenols is 1. The molecule has 106 valence electrons. The summed E-state index contributed by atoms with van der Waals surface area (Å²) in [6.45, 7) is 0. The van der Waals surface area contributed by atoms with Gasteiger partial charge in [0.25, 0.3) is 0 Å². The van der Waals surface area contributed by atoms with Gasteiger partial charge in [0.15, 0.2) is 5.16 Å². The van der Waals surface area contributed by atoms with Crippen LogP contribution in [-0.2, 0) is 4.79 Å². The molecule has 0 radical (unpaired) electrons. The number of aromatic amines is 1. The first-order valence-corrected chi connectivity index (χ1v) is 7.36. The lowest BCUT2D eigenvalue weighted by Crippen LogP contribution is -2.13. The van der Waals surface area contributed by atoms with E-state index in [-0.39, 0.29) is 17.4 Å². The Morgan fingerprint density at radius 1 is 1.19 bits per heavy atom. The van der Waals surface area contributed by atoms with Crippen LogP contribution in [0.5, 0.6) is 5.75 Å². The van der Waals surface area contributed by atoms with E-state index < -0.39 is 0 Å². The molecule has 0 saturated carbocycles. The van der Waals surface area contributed by atoms with E-state index in [1.54, 1.807) is 12.1 Å². The molecule has 2 aromatic carbocycles. The zero-order valence-electron chi connectivity index (χ0n) is 11.0. The normalized spacial score (nSPS) is 10.7. The van der Waals surface area contributed by atoms with Crippen LogP contribution in [0, 0.1) is 0 Å². The minimum atomic E-state index is -0.119. The highest BCUT2D eigenvalue weighted by Gasteiger charge is 2.07. The predicted molar refractivity (Wildman–Crippen MR) is 83.6 cm³/mol. The standard InChI is InChI=1S/C15H13N3O2S/c19-11-7-5-10(6-8-11)16-14(20)9-21-15-17-12-3-1-2-4-13(12)18-15/h1-8,19H,9H2,(H,16,20)(H,17,18). The number of H-pyrrole nitrogens is 1. The number of rotatable bonds is 4. The fourth-order valence-corrected chi connectivity index (χ4v) is 2.56. The van der Waals surface area contributed by atoms with Crippen LogP contribution < -0.4 is 5.32 Å². The van der Waals surface area contributed by atoms with Crippen molar-refractivity contribution in [3.63, 3.8) is 0 Å². The number of aromatic hydroxyl groups is 1. The van der Waals surface area contributed by atoms with Crippen molar-refractivity contribution in [3.05, 3.63) is 48.5 Å². The van der Waals surface area contributed by atoms with Crippen LogP contribution >= 0.6 is 11.8 Å². The van der Waals surface area contributed by atoms with E-state index in [4.69, 9.17) is 0 Å². The summed E-state index contributed by atoms with van der Waals surface area (Å²) in [5.74, 6) is 0.316. The van der Waals surface area contributed by atoms with E-state index in [2.05, 4.69) is 15.3 Å². The SMILES string of the molecule is O=C(CSc1nc2ccccc2[nH]1)Nc1ccc(O)cc1. The summed E-state index contributed by atoms with van der Waals surface area (Å²) >= 11 is 1.35. The second kappa shape index (κ2) is 5.88. The lowest BCUT2D eigenvalue weighted by molar-refractivity contribution is -0.113. The number of carbonyl (C=O) groups is 1. The van der Waals surface area contributed by atoms with Crippen molar-refractivity contribution in [1.82, 2.24) is 9.97 Å². The Morgan fingerprint density at radius 3 is 2.71 bits per heavy atom. The lowest BCUT2D eigenvalue weighted by atomic mass is 10.3. The molecule has 3 N–H and O–H groups in total. The van der Waals surface area contributed by atoms with Crippen molar-refractivity contribution in [3.8, 4) is 5.75 Å². The highest BCUT2D eigenvalue weighted by molar-refractivity contribution is 7.99. The molecule has 0 bridgehead atoms. The van der Waals surface area contributed by atoms with Crippen LogP contribution in [0.3, 0.4) is 0 Å². The van der Waals surface area contributed by atoms with Crippen molar-refractivity contribution >= 4 is 34.4 Å². The van der Waals surface area contributed by atoms with Gasteiger partial charge >= 0.3 is 0 Å². The zero-order chi connectivity index (χ0) is 14.7. The minimum Gasteiger partial charge on any atom is -0.508 e. The molecule has 21 heavy (non-hydrogen) atoms. The van der Waals surface area contributed by atoms with Crippen molar-refractivity contribution in [2.75, 3.05) is 11.1 Å². The number of aromatic nitrogens is 2. The number of nitrogens with one attached hydrogen (secondary N) is 2. The van der Waals surface area contributed by atoms with Gasteiger partial charge in [-0.05, 0) is 36.4 Å². The Morgan fingerprint density at radius 2 is 1.95 bits per heavy atom. The molecule has 0 unspecified atom stereocenters. The van der Waals surface area contributed by atoms with E-state index in [0.29, 0.717) is 5.69 Å². The number of hydrogen-bond donors (Lipinski definition) is 3. The third kappa shape index (κ3) is 3.35. The van der Waals surface area contributed by atoms with Gasteiger partial charge in [-0.1, -0.05) is 23.9 Å². The van der Waals surface area contributed by atoms with Gasteiger partial charge < -0.3 is 15.4 Å². The topological polar surface area (TPSA) is 78.0 Å². The summed E-state index contributed by atoms with van der Waals surface area (Å²) in [4.78, 5) is 19.4. The second-order valence-corrected chi connectivity index (χ2v) is 5.41. The number of para-hydroxylation sites is 2. The molecule has 0 aliphatic heterocycles. The van der Waals surface area contributed by atoms with Gasteiger partial charge in [-0.3, -0.25) is 4.79 Å². The number of benzene rings is 2. The van der Waals surface area contributed by atoms with Crippen LogP contribution in [0.2, 0.25) is 0 Å². The van der Waals surface area contributed by atoms with Crippen LogP contribution in [0.1, 0.15) is 0 Å². The summed E-state index contributed by atoms with van der Waals surface area (Å²) in [7, 11) is 0. The number of thioether (sulfide) groups is 1.